The van der Waals surface area contributed by atoms with Gasteiger partial charge in [-0.15, -0.1) is 0 Å². The number of hydrogen-bond acceptors (Lipinski definition) is 5. The monoisotopic (exact) mass is 312 g/mol. The Kier molecular flexibility index (Phi) is 5.86. The predicted octanol–water partition coefficient (Wildman–Crippen LogP) is 5.06. The van der Waals surface area contributed by atoms with Gasteiger partial charge in [0.25, 0.3) is 0 Å². The molecule has 2 aromatic rings. The van der Waals surface area contributed by atoms with Crippen molar-refractivity contribution in [2.45, 2.75) is 20.3 Å². The van der Waals surface area contributed by atoms with E-state index >= 15 is 0 Å². The number of methoxy groups -OCH3 is 1. The fourth-order valence-electron chi connectivity index (χ4n) is 1.73. The van der Waals surface area contributed by atoms with E-state index in [0.29, 0.717) is 11.4 Å². The van der Waals surface area contributed by atoms with E-state index in [-0.39, 0.29) is 11.9 Å². The largest absolute Gasteiger partial charge is 0.497 e. The summed E-state index contributed by atoms with van der Waals surface area (Å²) in [7, 11) is 1.62. The van der Waals surface area contributed by atoms with Crippen molar-refractivity contribution in [1.82, 2.24) is 0 Å². The number of hydrogen-bond donors (Lipinski definition) is 0. The Morgan fingerprint density at radius 1 is 0.957 bits per heavy atom. The summed E-state index contributed by atoms with van der Waals surface area (Å²) in [5.41, 5.74) is 1.42. The van der Waals surface area contributed by atoms with Crippen molar-refractivity contribution in [3.05, 3.63) is 48.5 Å². The van der Waals surface area contributed by atoms with E-state index in [9.17, 15) is 4.79 Å². The lowest BCUT2D eigenvalue weighted by Gasteiger charge is -2.08. The smallest absolute Gasteiger partial charge is 0.314 e. The maximum atomic E-state index is 11.7. The third-order valence-corrected chi connectivity index (χ3v) is 3.42. The molecule has 0 amide bonds. The van der Waals surface area contributed by atoms with Crippen molar-refractivity contribution >= 4 is 17.3 Å². The molecule has 0 aromatic heterocycles. The average molecular weight is 312 g/mol. The molecule has 0 spiro atoms. The second kappa shape index (κ2) is 8.08. The molecule has 0 saturated heterocycles. The van der Waals surface area contributed by atoms with E-state index in [1.807, 2.05) is 38.1 Å². The van der Waals surface area contributed by atoms with Crippen LogP contribution in [0.25, 0.3) is 0 Å². The predicted molar refractivity (Wildman–Crippen MR) is 88.7 cm³/mol. The number of carbonyl (C=O) groups excluding carboxylic acids is 1. The molecule has 5 nitrogen and oxygen atoms in total. The number of benzene rings is 2. The van der Waals surface area contributed by atoms with Gasteiger partial charge in [-0.3, -0.25) is 4.79 Å². The molecule has 0 aliphatic rings. The van der Waals surface area contributed by atoms with E-state index in [0.717, 1.165) is 17.9 Å². The van der Waals surface area contributed by atoms with Crippen LogP contribution in [0.1, 0.15) is 20.3 Å². The molecular formula is C18H20N2O3. The first-order valence-corrected chi connectivity index (χ1v) is 7.50. The van der Waals surface area contributed by atoms with E-state index in [1.165, 1.54) is 0 Å². The Bertz CT molecular complexity index is 664. The van der Waals surface area contributed by atoms with Gasteiger partial charge in [-0.2, -0.15) is 10.2 Å². The lowest BCUT2D eigenvalue weighted by Crippen LogP contribution is -2.16. The third kappa shape index (κ3) is 4.92. The zero-order valence-electron chi connectivity index (χ0n) is 13.5. The minimum Gasteiger partial charge on any atom is -0.497 e. The summed E-state index contributed by atoms with van der Waals surface area (Å²) >= 11 is 0. The van der Waals surface area contributed by atoms with Crippen molar-refractivity contribution in [3.63, 3.8) is 0 Å². The standard InChI is InChI=1S/C18H20N2O3/c1-4-13(2)18(21)23-17-11-7-15(8-12-17)20-19-14-5-9-16(22-3)10-6-14/h5-13H,4H2,1-3H3. The highest BCUT2D eigenvalue weighted by atomic mass is 16.5. The van der Waals surface area contributed by atoms with Gasteiger partial charge in [-0.1, -0.05) is 13.8 Å². The van der Waals surface area contributed by atoms with Gasteiger partial charge < -0.3 is 9.47 Å². The van der Waals surface area contributed by atoms with Crippen molar-refractivity contribution in [2.75, 3.05) is 7.11 Å². The van der Waals surface area contributed by atoms with Crippen molar-refractivity contribution in [1.29, 1.82) is 0 Å². The summed E-state index contributed by atoms with van der Waals surface area (Å²) in [6, 6.07) is 14.2. The summed E-state index contributed by atoms with van der Waals surface area (Å²) in [6.07, 6.45) is 0.757. The highest BCUT2D eigenvalue weighted by Gasteiger charge is 2.12. The quantitative estimate of drug-likeness (QED) is 0.425. The van der Waals surface area contributed by atoms with Crippen LogP contribution in [0.3, 0.4) is 0 Å². The summed E-state index contributed by atoms with van der Waals surface area (Å²) in [4.78, 5) is 11.7. The van der Waals surface area contributed by atoms with Crippen LogP contribution in [0.15, 0.2) is 58.8 Å². The summed E-state index contributed by atoms with van der Waals surface area (Å²) < 4.78 is 10.4. The molecule has 0 saturated carbocycles. The maximum Gasteiger partial charge on any atom is 0.314 e. The van der Waals surface area contributed by atoms with Crippen molar-refractivity contribution < 1.29 is 14.3 Å². The number of nitrogens with zero attached hydrogens (tertiary/aromatic N) is 2. The van der Waals surface area contributed by atoms with Gasteiger partial charge in [0.2, 0.25) is 0 Å². The van der Waals surface area contributed by atoms with Gasteiger partial charge in [0.15, 0.2) is 0 Å². The average Bonchev–Trinajstić information content (AvgIpc) is 2.60. The zero-order chi connectivity index (χ0) is 16.7. The summed E-state index contributed by atoms with van der Waals surface area (Å²) in [5, 5.41) is 8.29. The lowest BCUT2D eigenvalue weighted by molar-refractivity contribution is -0.138. The van der Waals surface area contributed by atoms with Crippen molar-refractivity contribution in [3.8, 4) is 11.5 Å². The fourth-order valence-corrected chi connectivity index (χ4v) is 1.73. The number of carbonyl (C=O) groups is 1. The highest BCUT2D eigenvalue weighted by Crippen LogP contribution is 2.23. The molecule has 120 valence electrons. The molecule has 5 heteroatoms. The van der Waals surface area contributed by atoms with Crippen LogP contribution in [-0.2, 0) is 4.79 Å². The van der Waals surface area contributed by atoms with E-state index < -0.39 is 0 Å². The van der Waals surface area contributed by atoms with Crippen LogP contribution in [-0.4, -0.2) is 13.1 Å². The van der Waals surface area contributed by atoms with Crippen LogP contribution in [0, 0.1) is 5.92 Å². The van der Waals surface area contributed by atoms with Gasteiger partial charge in [-0.05, 0) is 55.0 Å². The Morgan fingerprint density at radius 3 is 1.87 bits per heavy atom. The van der Waals surface area contributed by atoms with Crippen LogP contribution < -0.4 is 9.47 Å². The molecule has 0 bridgehead atoms. The number of azo groups is 1. The maximum absolute atomic E-state index is 11.7. The molecule has 0 aliphatic carbocycles. The molecule has 2 aromatic carbocycles. The molecule has 0 aliphatic heterocycles. The Hall–Kier alpha value is -2.69. The fraction of sp³-hybridized carbons (Fsp3) is 0.278. The van der Waals surface area contributed by atoms with E-state index in [4.69, 9.17) is 9.47 Å². The molecule has 1 atom stereocenters. The molecule has 0 radical (unpaired) electrons. The number of esters is 1. The van der Waals surface area contributed by atoms with Crippen LogP contribution in [0.2, 0.25) is 0 Å². The number of ether oxygens (including phenoxy) is 2. The minimum atomic E-state index is -0.222. The lowest BCUT2D eigenvalue weighted by atomic mass is 10.1. The van der Waals surface area contributed by atoms with Gasteiger partial charge in [-0.25, -0.2) is 0 Å². The third-order valence-electron chi connectivity index (χ3n) is 3.42. The Labute approximate surface area is 136 Å². The topological polar surface area (TPSA) is 60.2 Å². The SMILES string of the molecule is CCC(C)C(=O)Oc1ccc(N=Nc2ccc(OC)cc2)cc1. The minimum absolute atomic E-state index is 0.107. The second-order valence-corrected chi connectivity index (χ2v) is 5.12. The van der Waals surface area contributed by atoms with Gasteiger partial charge in [0.1, 0.15) is 11.5 Å². The Balaban J connectivity index is 1.98. The summed E-state index contributed by atoms with van der Waals surface area (Å²) in [6.45, 7) is 3.80. The van der Waals surface area contributed by atoms with Gasteiger partial charge >= 0.3 is 5.97 Å². The van der Waals surface area contributed by atoms with Crippen LogP contribution in [0.5, 0.6) is 11.5 Å². The zero-order valence-corrected chi connectivity index (χ0v) is 13.5. The normalized spacial score (nSPS) is 12.1. The Morgan fingerprint density at radius 2 is 1.43 bits per heavy atom. The second-order valence-electron chi connectivity index (χ2n) is 5.12. The van der Waals surface area contributed by atoms with Crippen molar-refractivity contribution in [2.24, 2.45) is 16.1 Å². The molecule has 0 heterocycles. The molecular weight excluding hydrogens is 292 g/mol. The molecule has 0 N–H and O–H groups in total. The van der Waals surface area contributed by atoms with E-state index in [2.05, 4.69) is 10.2 Å². The highest BCUT2D eigenvalue weighted by molar-refractivity contribution is 5.74. The van der Waals surface area contributed by atoms with Crippen LogP contribution in [0.4, 0.5) is 11.4 Å². The first-order chi connectivity index (χ1) is 11.1. The molecule has 0 fully saturated rings. The van der Waals surface area contributed by atoms with Gasteiger partial charge in [0.05, 0.1) is 24.4 Å². The first kappa shape index (κ1) is 16.7. The molecule has 1 unspecified atom stereocenters. The van der Waals surface area contributed by atoms with Crippen LogP contribution >= 0.6 is 0 Å². The molecule has 2 rings (SSSR count). The van der Waals surface area contributed by atoms with Gasteiger partial charge in [0, 0.05) is 0 Å². The number of rotatable bonds is 6. The summed E-state index contributed by atoms with van der Waals surface area (Å²) in [5.74, 6) is 0.958. The molecule has 23 heavy (non-hydrogen) atoms. The van der Waals surface area contributed by atoms with E-state index in [1.54, 1.807) is 31.4 Å². The first-order valence-electron chi connectivity index (χ1n) is 7.50.